The van der Waals surface area contributed by atoms with E-state index in [1.54, 1.807) is 23.1 Å². The van der Waals surface area contributed by atoms with Crippen molar-refractivity contribution in [1.82, 2.24) is 9.80 Å². The molecule has 0 aromatic heterocycles. The van der Waals surface area contributed by atoms with Crippen molar-refractivity contribution >= 4 is 50.8 Å². The topological polar surface area (TPSA) is 85.4 Å². The number of halogens is 1. The molecule has 2 aliphatic heterocycles. The Morgan fingerprint density at radius 2 is 1.89 bits per heavy atom. The number of carbonyl (C=O) groups excluding carboxylic acids is 3. The van der Waals surface area contributed by atoms with Gasteiger partial charge < -0.3 is 19.1 Å². The predicted octanol–water partition coefficient (Wildman–Crippen LogP) is 5.05. The molecule has 2 heterocycles. The molecule has 0 aliphatic carbocycles. The van der Waals surface area contributed by atoms with E-state index in [0.717, 1.165) is 32.3 Å². The van der Waals surface area contributed by atoms with Crippen LogP contribution in [0.4, 0.5) is 4.79 Å². The third-order valence-electron chi connectivity index (χ3n) is 5.94. The Labute approximate surface area is 234 Å². The molecule has 0 radical (unpaired) electrons. The molecule has 0 atom stereocenters. The molecule has 3 amide bonds. The van der Waals surface area contributed by atoms with Gasteiger partial charge in [-0.05, 0) is 66.6 Å². The zero-order valence-corrected chi connectivity index (χ0v) is 23.5. The molecule has 0 saturated carbocycles. The van der Waals surface area contributed by atoms with Crippen molar-refractivity contribution in [3.05, 3.63) is 75.1 Å². The number of rotatable bonds is 10. The Morgan fingerprint density at radius 1 is 1.16 bits per heavy atom. The molecule has 0 N–H and O–H groups in total. The number of amides is 3. The molecular weight excluding hydrogens is 572 g/mol. The minimum Gasteiger partial charge on any atom is -0.490 e. The molecule has 0 bridgehead atoms. The van der Waals surface area contributed by atoms with Crippen LogP contribution >= 0.6 is 27.7 Å². The first-order chi connectivity index (χ1) is 18.4. The van der Waals surface area contributed by atoms with Gasteiger partial charge in [-0.3, -0.25) is 19.3 Å². The first kappa shape index (κ1) is 27.9. The Balaban J connectivity index is 1.56. The Kier molecular flexibility index (Phi) is 9.65. The van der Waals surface area contributed by atoms with E-state index in [2.05, 4.69) is 22.5 Å². The van der Waals surface area contributed by atoms with Crippen molar-refractivity contribution in [3.8, 4) is 11.5 Å². The molecule has 0 unspecified atom stereocenters. The van der Waals surface area contributed by atoms with Crippen LogP contribution in [0.2, 0.25) is 0 Å². The van der Waals surface area contributed by atoms with Gasteiger partial charge in [0.1, 0.15) is 13.2 Å². The van der Waals surface area contributed by atoms with Gasteiger partial charge in [0.25, 0.3) is 11.1 Å². The van der Waals surface area contributed by atoms with E-state index in [9.17, 15) is 14.4 Å². The maximum absolute atomic E-state index is 13.1. The summed E-state index contributed by atoms with van der Waals surface area (Å²) in [4.78, 5) is 41.1. The summed E-state index contributed by atoms with van der Waals surface area (Å²) in [5.74, 6) is 0.393. The molecular formula is C28H29BrN2O6S. The van der Waals surface area contributed by atoms with Crippen molar-refractivity contribution in [2.75, 3.05) is 39.5 Å². The number of nitrogens with zero attached hydrogens (tertiary/aromatic N) is 2. The van der Waals surface area contributed by atoms with Crippen LogP contribution in [0.5, 0.6) is 11.5 Å². The molecule has 2 fully saturated rings. The first-order valence-electron chi connectivity index (χ1n) is 12.3. The van der Waals surface area contributed by atoms with Gasteiger partial charge in [-0.1, -0.05) is 34.1 Å². The van der Waals surface area contributed by atoms with Gasteiger partial charge in [-0.25, -0.2) is 0 Å². The fraction of sp³-hybridized carbons (Fsp3) is 0.321. The van der Waals surface area contributed by atoms with Crippen LogP contribution in [0, 0.1) is 0 Å². The number of carbonyl (C=O) groups is 3. The zero-order chi connectivity index (χ0) is 27.1. The monoisotopic (exact) mass is 600 g/mol. The molecule has 38 heavy (non-hydrogen) atoms. The van der Waals surface area contributed by atoms with Crippen LogP contribution in [0.3, 0.4) is 0 Å². The van der Waals surface area contributed by atoms with Crippen LogP contribution in [-0.4, -0.2) is 66.3 Å². The number of morpholine rings is 1. The van der Waals surface area contributed by atoms with Crippen LogP contribution in [0.1, 0.15) is 23.6 Å². The lowest BCUT2D eigenvalue weighted by Gasteiger charge is -2.28. The minimum absolute atomic E-state index is 0.250. The average molecular weight is 602 g/mol. The summed E-state index contributed by atoms with van der Waals surface area (Å²) in [7, 11) is 0. The number of imide groups is 1. The van der Waals surface area contributed by atoms with Crippen LogP contribution < -0.4 is 9.47 Å². The highest BCUT2D eigenvalue weighted by atomic mass is 79.9. The highest BCUT2D eigenvalue weighted by Crippen LogP contribution is 2.38. The lowest BCUT2D eigenvalue weighted by Crippen LogP contribution is -2.46. The van der Waals surface area contributed by atoms with Gasteiger partial charge in [0.2, 0.25) is 5.91 Å². The van der Waals surface area contributed by atoms with Crippen LogP contribution in [-0.2, 0) is 27.4 Å². The van der Waals surface area contributed by atoms with Gasteiger partial charge in [0, 0.05) is 23.1 Å². The highest BCUT2D eigenvalue weighted by Gasteiger charge is 2.37. The maximum Gasteiger partial charge on any atom is 0.294 e. The lowest BCUT2D eigenvalue weighted by atomic mass is 10.0. The maximum atomic E-state index is 13.1. The Bertz CT molecular complexity index is 1240. The van der Waals surface area contributed by atoms with Crippen molar-refractivity contribution < 1.29 is 28.6 Å². The van der Waals surface area contributed by atoms with E-state index < -0.39 is 11.1 Å². The number of thioether (sulfide) groups is 1. The van der Waals surface area contributed by atoms with E-state index in [4.69, 9.17) is 14.2 Å². The summed E-state index contributed by atoms with van der Waals surface area (Å²) in [6.07, 6.45) is 3.94. The van der Waals surface area contributed by atoms with Gasteiger partial charge >= 0.3 is 0 Å². The summed E-state index contributed by atoms with van der Waals surface area (Å²) >= 11 is 4.26. The van der Waals surface area contributed by atoms with Crippen molar-refractivity contribution in [2.24, 2.45) is 0 Å². The van der Waals surface area contributed by atoms with Crippen molar-refractivity contribution in [3.63, 3.8) is 0 Å². The van der Waals surface area contributed by atoms with E-state index >= 15 is 0 Å². The zero-order valence-electron chi connectivity index (χ0n) is 21.1. The predicted molar refractivity (Wildman–Crippen MR) is 150 cm³/mol. The molecule has 2 aromatic carbocycles. The van der Waals surface area contributed by atoms with E-state index in [-0.39, 0.29) is 17.4 Å². The van der Waals surface area contributed by atoms with E-state index in [1.165, 1.54) is 0 Å². The normalized spacial score (nSPS) is 16.7. The lowest BCUT2D eigenvalue weighted by molar-refractivity contribution is -0.139. The van der Waals surface area contributed by atoms with E-state index in [1.807, 2.05) is 37.3 Å². The molecule has 4 rings (SSSR count). The summed E-state index contributed by atoms with van der Waals surface area (Å²) in [6, 6.07) is 11.6. The Morgan fingerprint density at radius 3 is 2.58 bits per heavy atom. The highest BCUT2D eigenvalue weighted by molar-refractivity contribution is 9.10. The second-order valence-electron chi connectivity index (χ2n) is 8.61. The summed E-state index contributed by atoms with van der Waals surface area (Å²) in [5, 5.41) is -0.464. The van der Waals surface area contributed by atoms with Crippen LogP contribution in [0.25, 0.3) is 6.08 Å². The summed E-state index contributed by atoms with van der Waals surface area (Å²) in [5.41, 5.74) is 2.53. The SMILES string of the molecule is C=CCc1cc(/C=C2\SC(=O)N(CC(=O)N3CCOCC3)C2=O)cc(OCC)c1OCc1ccc(Br)cc1. The number of hydrogen-bond donors (Lipinski definition) is 0. The molecule has 2 saturated heterocycles. The minimum atomic E-state index is -0.486. The quantitative estimate of drug-likeness (QED) is 0.278. The molecule has 0 spiro atoms. The number of ether oxygens (including phenoxy) is 3. The first-order valence-corrected chi connectivity index (χ1v) is 13.9. The second-order valence-corrected chi connectivity index (χ2v) is 10.5. The number of allylic oxidation sites excluding steroid dienone is 1. The van der Waals surface area contributed by atoms with Crippen molar-refractivity contribution in [1.29, 1.82) is 0 Å². The molecule has 200 valence electrons. The summed E-state index contributed by atoms with van der Waals surface area (Å²) < 4.78 is 18.3. The smallest absolute Gasteiger partial charge is 0.294 e. The van der Waals surface area contributed by atoms with Gasteiger partial charge in [-0.2, -0.15) is 0 Å². The molecule has 2 aromatic rings. The average Bonchev–Trinajstić information content (AvgIpc) is 3.17. The molecule has 2 aliphatic rings. The standard InChI is InChI=1S/C28H29BrN2O6S/c1-3-5-21-14-20(15-23(36-4-2)26(21)37-18-19-6-8-22(29)9-7-19)16-24-27(33)31(28(34)38-24)17-25(32)30-10-12-35-13-11-30/h3,6-9,14-16H,1,4-5,10-13,17-18H2,2H3/b24-16-. The van der Waals surface area contributed by atoms with Gasteiger partial charge in [0.15, 0.2) is 11.5 Å². The largest absolute Gasteiger partial charge is 0.490 e. The molecule has 8 nitrogen and oxygen atoms in total. The third-order valence-corrected chi connectivity index (χ3v) is 7.38. The number of hydrogen-bond acceptors (Lipinski definition) is 7. The fourth-order valence-electron chi connectivity index (χ4n) is 4.07. The third kappa shape index (κ3) is 6.86. The summed E-state index contributed by atoms with van der Waals surface area (Å²) in [6.45, 7) is 8.04. The second kappa shape index (κ2) is 13.1. The molecule has 10 heteroatoms. The Hall–Kier alpha value is -3.08. The van der Waals surface area contributed by atoms with Gasteiger partial charge in [0.05, 0.1) is 24.7 Å². The van der Waals surface area contributed by atoms with Crippen LogP contribution in [0.15, 0.2) is 58.4 Å². The van der Waals surface area contributed by atoms with E-state index in [0.29, 0.717) is 63.0 Å². The number of benzene rings is 2. The van der Waals surface area contributed by atoms with Crippen molar-refractivity contribution in [2.45, 2.75) is 20.0 Å². The van der Waals surface area contributed by atoms with Gasteiger partial charge in [-0.15, -0.1) is 6.58 Å². The fourth-order valence-corrected chi connectivity index (χ4v) is 5.18.